The number of carbonyl (C=O) groups is 1. The molecule has 3 aromatic rings. The third kappa shape index (κ3) is 3.41. The third-order valence-corrected chi connectivity index (χ3v) is 6.75. The Morgan fingerprint density at radius 2 is 1.43 bits per heavy atom. The maximum absolute atomic E-state index is 11.2. The average molecular weight is 401 g/mol. The zero-order valence-electron chi connectivity index (χ0n) is 18.0. The van der Waals surface area contributed by atoms with Crippen LogP contribution in [0.1, 0.15) is 79.2 Å². The van der Waals surface area contributed by atoms with Crippen molar-refractivity contribution in [2.45, 2.75) is 57.4 Å². The van der Waals surface area contributed by atoms with E-state index in [0.717, 1.165) is 28.3 Å². The van der Waals surface area contributed by atoms with E-state index < -0.39 is 5.97 Å². The molecule has 0 bridgehead atoms. The SMILES string of the molecule is CC1(C)CCC(C)(C)c2cc(C(N=N)c3ccc4cc(C(=O)O)ccc4c3)ccc21. The molecule has 1 aliphatic rings. The van der Waals surface area contributed by atoms with Gasteiger partial charge in [0, 0.05) is 0 Å². The molecule has 0 spiro atoms. The number of benzene rings is 3. The van der Waals surface area contributed by atoms with Gasteiger partial charge in [0.2, 0.25) is 0 Å². The summed E-state index contributed by atoms with van der Waals surface area (Å²) in [6, 6.07) is 17.2. The Balaban J connectivity index is 1.79. The first kappa shape index (κ1) is 20.3. The predicted octanol–water partition coefficient (Wildman–Crippen LogP) is 7.01. The van der Waals surface area contributed by atoms with Gasteiger partial charge in [-0.1, -0.05) is 64.1 Å². The van der Waals surface area contributed by atoms with E-state index >= 15 is 0 Å². The summed E-state index contributed by atoms with van der Waals surface area (Å²) >= 11 is 0. The average Bonchev–Trinajstić information content (AvgIpc) is 2.71. The van der Waals surface area contributed by atoms with Crippen molar-refractivity contribution >= 4 is 16.7 Å². The molecule has 1 unspecified atom stereocenters. The fraction of sp³-hybridized carbons (Fsp3) is 0.346. The number of fused-ring (bicyclic) bond motifs is 2. The Morgan fingerprint density at radius 1 is 0.867 bits per heavy atom. The van der Waals surface area contributed by atoms with Crippen LogP contribution in [0.5, 0.6) is 0 Å². The molecule has 1 aliphatic carbocycles. The normalized spacial score (nSPS) is 17.9. The molecule has 4 nitrogen and oxygen atoms in total. The molecule has 2 N–H and O–H groups in total. The zero-order chi connectivity index (χ0) is 21.7. The first-order chi connectivity index (χ1) is 14.1. The topological polar surface area (TPSA) is 73.5 Å². The molecular formula is C26H28N2O2. The van der Waals surface area contributed by atoms with E-state index in [1.807, 2.05) is 24.3 Å². The fourth-order valence-electron chi connectivity index (χ4n) is 4.69. The minimum Gasteiger partial charge on any atom is -0.478 e. The molecule has 0 aromatic heterocycles. The van der Waals surface area contributed by atoms with E-state index in [0.29, 0.717) is 0 Å². The molecule has 4 rings (SSSR count). The summed E-state index contributed by atoms with van der Waals surface area (Å²) in [5, 5.41) is 15.0. The van der Waals surface area contributed by atoms with Crippen molar-refractivity contribution in [3.63, 3.8) is 0 Å². The number of carboxylic acid groups (broad SMARTS) is 1. The van der Waals surface area contributed by atoms with Gasteiger partial charge in [0.1, 0.15) is 6.04 Å². The van der Waals surface area contributed by atoms with E-state index in [9.17, 15) is 9.90 Å². The molecule has 4 heteroatoms. The van der Waals surface area contributed by atoms with Crippen LogP contribution < -0.4 is 0 Å². The Hall–Kier alpha value is -3.01. The number of nitrogens with zero attached hydrogens (tertiary/aromatic N) is 1. The van der Waals surface area contributed by atoms with E-state index in [4.69, 9.17) is 5.53 Å². The maximum atomic E-state index is 11.2. The maximum Gasteiger partial charge on any atom is 0.335 e. The van der Waals surface area contributed by atoms with Gasteiger partial charge in [-0.2, -0.15) is 5.11 Å². The second-order valence-electron chi connectivity index (χ2n) is 9.73. The van der Waals surface area contributed by atoms with Crippen LogP contribution in [0.4, 0.5) is 0 Å². The van der Waals surface area contributed by atoms with Gasteiger partial charge >= 0.3 is 5.97 Å². The highest BCUT2D eigenvalue weighted by Crippen LogP contribution is 2.46. The summed E-state index contributed by atoms with van der Waals surface area (Å²) in [6.45, 7) is 9.21. The number of nitrogens with one attached hydrogen (secondary N) is 1. The number of hydrogen-bond donors (Lipinski definition) is 2. The fourth-order valence-corrected chi connectivity index (χ4v) is 4.69. The predicted molar refractivity (Wildman–Crippen MR) is 120 cm³/mol. The van der Waals surface area contributed by atoms with Crippen LogP contribution in [-0.2, 0) is 10.8 Å². The van der Waals surface area contributed by atoms with Crippen LogP contribution in [0, 0.1) is 5.53 Å². The summed E-state index contributed by atoms with van der Waals surface area (Å²) in [6.07, 6.45) is 2.31. The summed E-state index contributed by atoms with van der Waals surface area (Å²) in [7, 11) is 0. The lowest BCUT2D eigenvalue weighted by Gasteiger charge is -2.42. The van der Waals surface area contributed by atoms with Gasteiger partial charge in [-0.25, -0.2) is 10.3 Å². The lowest BCUT2D eigenvalue weighted by Crippen LogP contribution is -2.34. The largest absolute Gasteiger partial charge is 0.478 e. The van der Waals surface area contributed by atoms with Crippen molar-refractivity contribution < 1.29 is 9.90 Å². The molecular weight excluding hydrogens is 372 g/mol. The van der Waals surface area contributed by atoms with Crippen LogP contribution in [-0.4, -0.2) is 11.1 Å². The van der Waals surface area contributed by atoms with E-state index in [-0.39, 0.29) is 22.4 Å². The smallest absolute Gasteiger partial charge is 0.335 e. The highest BCUT2D eigenvalue weighted by atomic mass is 16.4. The first-order valence-corrected chi connectivity index (χ1v) is 10.4. The van der Waals surface area contributed by atoms with E-state index in [1.165, 1.54) is 17.5 Å². The minimum absolute atomic E-state index is 0.101. The summed E-state index contributed by atoms with van der Waals surface area (Å²) < 4.78 is 0. The summed E-state index contributed by atoms with van der Waals surface area (Å²) in [4.78, 5) is 11.2. The lowest BCUT2D eigenvalue weighted by molar-refractivity contribution is 0.0697. The van der Waals surface area contributed by atoms with Crippen LogP contribution >= 0.6 is 0 Å². The van der Waals surface area contributed by atoms with Crippen LogP contribution in [0.25, 0.3) is 10.8 Å². The van der Waals surface area contributed by atoms with Crippen LogP contribution in [0.15, 0.2) is 59.7 Å². The molecule has 0 heterocycles. The van der Waals surface area contributed by atoms with E-state index in [1.54, 1.807) is 12.1 Å². The van der Waals surface area contributed by atoms with Gasteiger partial charge in [0.25, 0.3) is 0 Å². The van der Waals surface area contributed by atoms with Gasteiger partial charge in [-0.3, -0.25) is 0 Å². The van der Waals surface area contributed by atoms with Gasteiger partial charge in [-0.05, 0) is 74.9 Å². The van der Waals surface area contributed by atoms with Crippen molar-refractivity contribution in [3.05, 3.63) is 82.4 Å². The summed E-state index contributed by atoms with van der Waals surface area (Å²) in [5.41, 5.74) is 13.1. The van der Waals surface area contributed by atoms with Crippen molar-refractivity contribution in [1.82, 2.24) is 0 Å². The van der Waals surface area contributed by atoms with Crippen LogP contribution in [0.2, 0.25) is 0 Å². The molecule has 1 atom stereocenters. The van der Waals surface area contributed by atoms with Crippen molar-refractivity contribution in [2.75, 3.05) is 0 Å². The van der Waals surface area contributed by atoms with Gasteiger partial charge in [-0.15, -0.1) is 0 Å². The standard InChI is InChI=1S/C26H28N2O2/c1-25(2)11-12-26(3,4)22-15-19(9-10-21(22)25)23(28-27)18-7-5-17-14-20(24(29)30)8-6-16(17)13-18/h5-10,13-15,23,27H,11-12H2,1-4H3,(H,29,30). The molecule has 154 valence electrons. The molecule has 0 fully saturated rings. The quantitative estimate of drug-likeness (QED) is 0.462. The monoisotopic (exact) mass is 400 g/mol. The minimum atomic E-state index is -0.931. The van der Waals surface area contributed by atoms with Gasteiger partial charge < -0.3 is 5.11 Å². The summed E-state index contributed by atoms with van der Waals surface area (Å²) in [5.74, 6) is -0.931. The second-order valence-corrected chi connectivity index (χ2v) is 9.73. The molecule has 0 amide bonds. The number of rotatable bonds is 4. The Labute approximate surface area is 177 Å². The Kier molecular flexibility index (Phi) is 4.76. The molecule has 0 radical (unpaired) electrons. The molecule has 0 aliphatic heterocycles. The zero-order valence-corrected chi connectivity index (χ0v) is 18.0. The molecule has 0 saturated carbocycles. The number of aromatic carboxylic acids is 1. The van der Waals surface area contributed by atoms with Crippen LogP contribution in [0.3, 0.4) is 0 Å². The van der Waals surface area contributed by atoms with Crippen molar-refractivity contribution in [1.29, 1.82) is 5.53 Å². The molecule has 3 aromatic carbocycles. The number of carboxylic acids is 1. The van der Waals surface area contributed by atoms with Crippen molar-refractivity contribution in [3.8, 4) is 0 Å². The number of hydrogen-bond acceptors (Lipinski definition) is 3. The molecule has 30 heavy (non-hydrogen) atoms. The van der Waals surface area contributed by atoms with Crippen molar-refractivity contribution in [2.24, 2.45) is 5.11 Å². The lowest BCUT2D eigenvalue weighted by atomic mass is 9.63. The highest BCUT2D eigenvalue weighted by Gasteiger charge is 2.37. The Morgan fingerprint density at radius 3 is 2.10 bits per heavy atom. The third-order valence-electron chi connectivity index (χ3n) is 6.75. The van der Waals surface area contributed by atoms with Gasteiger partial charge in [0.15, 0.2) is 0 Å². The first-order valence-electron chi connectivity index (χ1n) is 10.4. The van der Waals surface area contributed by atoms with Gasteiger partial charge in [0.05, 0.1) is 5.56 Å². The molecule has 0 saturated heterocycles. The van der Waals surface area contributed by atoms with E-state index in [2.05, 4.69) is 51.0 Å². The second kappa shape index (κ2) is 7.05. The highest BCUT2D eigenvalue weighted by molar-refractivity contribution is 5.94. The Bertz CT molecular complexity index is 1160.